The Morgan fingerprint density at radius 3 is 2.69 bits per heavy atom. The molecule has 70 valence electrons. The van der Waals surface area contributed by atoms with E-state index < -0.39 is 0 Å². The van der Waals surface area contributed by atoms with Crippen molar-refractivity contribution in [2.24, 2.45) is 0 Å². The molecule has 13 heavy (non-hydrogen) atoms. The lowest BCUT2D eigenvalue weighted by atomic mass is 10.3. The van der Waals surface area contributed by atoms with E-state index in [1.165, 1.54) is 12.3 Å². The van der Waals surface area contributed by atoms with Gasteiger partial charge in [-0.25, -0.2) is 9.37 Å². The average molecular weight is 179 g/mol. The zero-order valence-corrected chi connectivity index (χ0v) is 8.26. The zero-order chi connectivity index (χ0) is 10.1. The van der Waals surface area contributed by atoms with E-state index >= 15 is 0 Å². The summed E-state index contributed by atoms with van der Waals surface area (Å²) in [6.45, 7) is 5.91. The van der Waals surface area contributed by atoms with Crippen LogP contribution in [0.4, 0.5) is 4.39 Å². The third-order valence-corrected chi connectivity index (χ3v) is 1.14. The number of halogens is 1. The van der Waals surface area contributed by atoms with Crippen LogP contribution in [0.25, 0.3) is 0 Å². The Labute approximate surface area is 79.0 Å². The number of aromatic nitrogens is 1. The van der Waals surface area contributed by atoms with Crippen molar-refractivity contribution >= 4 is 0 Å². The van der Waals surface area contributed by atoms with Gasteiger partial charge in [-0.05, 0) is 18.1 Å². The van der Waals surface area contributed by atoms with Crippen LogP contribution >= 0.6 is 0 Å². The van der Waals surface area contributed by atoms with Crippen LogP contribution in [0.3, 0.4) is 0 Å². The van der Waals surface area contributed by atoms with Crippen LogP contribution in [0, 0.1) is 17.7 Å². The summed E-state index contributed by atoms with van der Waals surface area (Å²) in [6.07, 6.45) is 2.25. The van der Waals surface area contributed by atoms with Gasteiger partial charge in [0.25, 0.3) is 0 Å². The van der Waals surface area contributed by atoms with E-state index in [0.29, 0.717) is 0 Å². The topological polar surface area (TPSA) is 12.9 Å². The predicted octanol–water partition coefficient (Wildman–Crippen LogP) is 3.01. The average Bonchev–Trinajstić information content (AvgIpc) is 2.20. The van der Waals surface area contributed by atoms with Crippen molar-refractivity contribution in [3.8, 4) is 11.8 Å². The van der Waals surface area contributed by atoms with E-state index in [1.54, 1.807) is 6.07 Å². The maximum Gasteiger partial charge on any atom is 0.157 e. The van der Waals surface area contributed by atoms with Crippen molar-refractivity contribution in [2.45, 2.75) is 27.2 Å². The highest BCUT2D eigenvalue weighted by Crippen LogP contribution is 1.99. The SMILES string of the molecule is CC.CCC#Cc1ncccc1F. The fourth-order valence-electron chi connectivity index (χ4n) is 0.650. The van der Waals surface area contributed by atoms with Gasteiger partial charge >= 0.3 is 0 Å². The highest BCUT2D eigenvalue weighted by molar-refractivity contribution is 5.27. The first-order chi connectivity index (χ1) is 6.34. The van der Waals surface area contributed by atoms with Crippen molar-refractivity contribution in [3.05, 3.63) is 29.8 Å². The molecule has 0 saturated carbocycles. The number of nitrogens with zero attached hydrogens (tertiary/aromatic N) is 1. The van der Waals surface area contributed by atoms with E-state index in [9.17, 15) is 4.39 Å². The fourth-order valence-corrected chi connectivity index (χ4v) is 0.650. The molecule has 1 rings (SSSR count). The monoisotopic (exact) mass is 179 g/mol. The minimum absolute atomic E-state index is 0.231. The molecule has 0 aliphatic heterocycles. The molecule has 1 nitrogen and oxygen atoms in total. The molecule has 0 fully saturated rings. The maximum absolute atomic E-state index is 12.7. The highest BCUT2D eigenvalue weighted by Gasteiger charge is 1.95. The van der Waals surface area contributed by atoms with Crippen molar-refractivity contribution in [1.82, 2.24) is 4.98 Å². The van der Waals surface area contributed by atoms with E-state index in [2.05, 4.69) is 16.8 Å². The molecule has 1 heterocycles. The quantitative estimate of drug-likeness (QED) is 0.558. The summed E-state index contributed by atoms with van der Waals surface area (Å²) in [5.41, 5.74) is 0.231. The molecule has 0 bridgehead atoms. The van der Waals surface area contributed by atoms with Crippen LogP contribution in [-0.2, 0) is 0 Å². The molecule has 1 aromatic heterocycles. The lowest BCUT2D eigenvalue weighted by Crippen LogP contribution is -1.86. The first kappa shape index (κ1) is 11.6. The Kier molecular flexibility index (Phi) is 6.53. The third-order valence-electron chi connectivity index (χ3n) is 1.14. The minimum Gasteiger partial charge on any atom is -0.245 e. The lowest BCUT2D eigenvalue weighted by Gasteiger charge is -1.89. The van der Waals surface area contributed by atoms with Crippen LogP contribution in [0.2, 0.25) is 0 Å². The van der Waals surface area contributed by atoms with Gasteiger partial charge in [0.05, 0.1) is 0 Å². The van der Waals surface area contributed by atoms with Crippen LogP contribution in [-0.4, -0.2) is 4.98 Å². The molecule has 0 spiro atoms. The molecular formula is C11H14FN. The molecule has 0 unspecified atom stereocenters. The second-order valence-corrected chi connectivity index (χ2v) is 1.99. The van der Waals surface area contributed by atoms with Crippen LogP contribution in [0.15, 0.2) is 18.3 Å². The molecule has 0 amide bonds. The van der Waals surface area contributed by atoms with Crippen molar-refractivity contribution < 1.29 is 4.39 Å². The second kappa shape index (κ2) is 7.30. The van der Waals surface area contributed by atoms with Gasteiger partial charge in [-0.3, -0.25) is 0 Å². The standard InChI is InChI=1S/C9H8FN.C2H6/c1-2-3-6-9-8(10)5-4-7-11-9;1-2/h4-5,7H,2H2,1H3;1-2H3. The number of hydrogen-bond donors (Lipinski definition) is 0. The van der Waals surface area contributed by atoms with Gasteiger partial charge in [0.2, 0.25) is 0 Å². The molecule has 0 aromatic carbocycles. The third kappa shape index (κ3) is 4.27. The van der Waals surface area contributed by atoms with Gasteiger partial charge in [-0.15, -0.1) is 0 Å². The number of rotatable bonds is 0. The van der Waals surface area contributed by atoms with Gasteiger partial charge < -0.3 is 0 Å². The summed E-state index contributed by atoms with van der Waals surface area (Å²) in [6, 6.07) is 2.90. The minimum atomic E-state index is -0.353. The first-order valence-electron chi connectivity index (χ1n) is 4.44. The van der Waals surface area contributed by atoms with Crippen LogP contribution in [0.5, 0.6) is 0 Å². The Bertz CT molecular complexity index is 296. The van der Waals surface area contributed by atoms with Crippen LogP contribution in [0.1, 0.15) is 32.9 Å². The molecule has 0 atom stereocenters. The van der Waals surface area contributed by atoms with Gasteiger partial charge in [0, 0.05) is 12.6 Å². The Morgan fingerprint density at radius 1 is 1.46 bits per heavy atom. The van der Waals surface area contributed by atoms with E-state index in [0.717, 1.165) is 6.42 Å². The Morgan fingerprint density at radius 2 is 2.15 bits per heavy atom. The largest absolute Gasteiger partial charge is 0.245 e. The number of hydrogen-bond acceptors (Lipinski definition) is 1. The Balaban J connectivity index is 0.000000671. The summed E-state index contributed by atoms with van der Waals surface area (Å²) in [4.78, 5) is 3.77. The summed E-state index contributed by atoms with van der Waals surface area (Å²) in [5.74, 6) is 5.03. The molecule has 0 aliphatic carbocycles. The van der Waals surface area contributed by atoms with Crippen molar-refractivity contribution in [3.63, 3.8) is 0 Å². The lowest BCUT2D eigenvalue weighted by molar-refractivity contribution is 0.617. The van der Waals surface area contributed by atoms with Crippen molar-refractivity contribution in [2.75, 3.05) is 0 Å². The second-order valence-electron chi connectivity index (χ2n) is 1.99. The van der Waals surface area contributed by atoms with Gasteiger partial charge in [-0.1, -0.05) is 26.7 Å². The molecule has 0 aliphatic rings. The summed E-state index contributed by atoms with van der Waals surface area (Å²) in [7, 11) is 0. The zero-order valence-electron chi connectivity index (χ0n) is 8.26. The highest BCUT2D eigenvalue weighted by atomic mass is 19.1. The normalized spacial score (nSPS) is 7.69. The first-order valence-corrected chi connectivity index (χ1v) is 4.44. The van der Waals surface area contributed by atoms with Gasteiger partial charge in [0.15, 0.2) is 5.82 Å². The van der Waals surface area contributed by atoms with E-state index in [1.807, 2.05) is 20.8 Å². The predicted molar refractivity (Wildman–Crippen MR) is 52.7 cm³/mol. The van der Waals surface area contributed by atoms with Crippen molar-refractivity contribution in [1.29, 1.82) is 0 Å². The summed E-state index contributed by atoms with van der Waals surface area (Å²) >= 11 is 0. The molecule has 1 aromatic rings. The maximum atomic E-state index is 12.7. The van der Waals surface area contributed by atoms with E-state index in [4.69, 9.17) is 0 Å². The molecule has 0 saturated heterocycles. The fraction of sp³-hybridized carbons (Fsp3) is 0.364. The molecular weight excluding hydrogens is 165 g/mol. The molecule has 0 radical (unpaired) electrons. The van der Waals surface area contributed by atoms with Gasteiger partial charge in [-0.2, -0.15) is 0 Å². The smallest absolute Gasteiger partial charge is 0.157 e. The molecule has 0 N–H and O–H groups in total. The number of pyridine rings is 1. The molecule has 2 heteroatoms. The summed E-state index contributed by atoms with van der Waals surface area (Å²) in [5, 5.41) is 0. The summed E-state index contributed by atoms with van der Waals surface area (Å²) < 4.78 is 12.7. The van der Waals surface area contributed by atoms with Crippen LogP contribution < -0.4 is 0 Å². The Hall–Kier alpha value is -1.36. The van der Waals surface area contributed by atoms with Gasteiger partial charge in [0.1, 0.15) is 5.69 Å². The van der Waals surface area contributed by atoms with E-state index in [-0.39, 0.29) is 11.5 Å².